The van der Waals surface area contributed by atoms with Gasteiger partial charge in [0.2, 0.25) is 0 Å². The largest absolute Gasteiger partial charge is 0.507 e. The molecular weight excluding hydrogens is 407 g/mol. The molecule has 0 radical (unpaired) electrons. The molecule has 3 aromatic rings. The highest BCUT2D eigenvalue weighted by atomic mass is 19.4. The fourth-order valence-corrected chi connectivity index (χ4v) is 3.75. The van der Waals surface area contributed by atoms with Gasteiger partial charge in [-0.2, -0.15) is 13.2 Å². The predicted molar refractivity (Wildman–Crippen MR) is 114 cm³/mol. The zero-order valence-electron chi connectivity index (χ0n) is 17.2. The van der Waals surface area contributed by atoms with Crippen LogP contribution in [0.3, 0.4) is 0 Å². The Morgan fingerprint density at radius 1 is 1.00 bits per heavy atom. The van der Waals surface area contributed by atoms with Crippen molar-refractivity contribution in [2.75, 3.05) is 51.6 Å². The van der Waals surface area contributed by atoms with Gasteiger partial charge < -0.3 is 15.3 Å². The molecular formula is C22H24F3N5O. The third-order valence-electron chi connectivity index (χ3n) is 5.58. The highest BCUT2D eigenvalue weighted by Crippen LogP contribution is 2.38. The summed E-state index contributed by atoms with van der Waals surface area (Å²) in [4.78, 5) is 4.69. The zero-order valence-corrected chi connectivity index (χ0v) is 17.2. The summed E-state index contributed by atoms with van der Waals surface area (Å²) in [6.07, 6.45) is -4.53. The second-order valence-electron chi connectivity index (χ2n) is 7.74. The number of piperazine rings is 1. The number of alkyl halides is 3. The maximum atomic E-state index is 12.9. The smallest absolute Gasteiger partial charge is 0.416 e. The number of hydrogen-bond acceptors (Lipinski definition) is 6. The number of anilines is 1. The first kappa shape index (κ1) is 21.3. The van der Waals surface area contributed by atoms with Gasteiger partial charge in [-0.05, 0) is 25.2 Å². The lowest BCUT2D eigenvalue weighted by Gasteiger charge is -2.32. The molecule has 4 rings (SSSR count). The van der Waals surface area contributed by atoms with Gasteiger partial charge >= 0.3 is 6.18 Å². The fraction of sp³-hybridized carbons (Fsp3) is 0.364. The van der Waals surface area contributed by atoms with Gasteiger partial charge in [0.1, 0.15) is 11.4 Å². The van der Waals surface area contributed by atoms with Crippen molar-refractivity contribution in [3.05, 3.63) is 48.0 Å². The molecule has 1 saturated heterocycles. The van der Waals surface area contributed by atoms with Crippen molar-refractivity contribution in [2.24, 2.45) is 0 Å². The van der Waals surface area contributed by atoms with E-state index in [9.17, 15) is 18.3 Å². The van der Waals surface area contributed by atoms with E-state index in [0.717, 1.165) is 44.2 Å². The maximum Gasteiger partial charge on any atom is 0.416 e. The minimum absolute atomic E-state index is 0.209. The molecule has 0 aliphatic carbocycles. The third-order valence-corrected chi connectivity index (χ3v) is 5.58. The Balaban J connectivity index is 1.57. The van der Waals surface area contributed by atoms with Gasteiger partial charge in [-0.1, -0.05) is 24.3 Å². The van der Waals surface area contributed by atoms with E-state index in [-0.39, 0.29) is 5.56 Å². The number of fused-ring (bicyclic) bond motifs is 1. The highest BCUT2D eigenvalue weighted by Gasteiger charge is 2.31. The first-order valence-electron chi connectivity index (χ1n) is 10.1. The Kier molecular flexibility index (Phi) is 5.97. The predicted octanol–water partition coefficient (Wildman–Crippen LogP) is 3.68. The summed E-state index contributed by atoms with van der Waals surface area (Å²) in [7, 11) is 2.12. The summed E-state index contributed by atoms with van der Waals surface area (Å²) >= 11 is 0. The number of aromatic nitrogens is 2. The van der Waals surface area contributed by atoms with E-state index < -0.39 is 17.5 Å². The van der Waals surface area contributed by atoms with Crippen LogP contribution in [0.1, 0.15) is 5.56 Å². The van der Waals surface area contributed by atoms with Crippen LogP contribution < -0.4 is 5.32 Å². The summed E-state index contributed by atoms with van der Waals surface area (Å²) in [5, 5.41) is 23.6. The molecule has 9 heteroatoms. The van der Waals surface area contributed by atoms with E-state index in [1.807, 2.05) is 24.3 Å². The second-order valence-corrected chi connectivity index (χ2v) is 7.74. The van der Waals surface area contributed by atoms with Crippen molar-refractivity contribution < 1.29 is 18.3 Å². The van der Waals surface area contributed by atoms with E-state index in [2.05, 4.69) is 32.4 Å². The second kappa shape index (κ2) is 8.68. The van der Waals surface area contributed by atoms with Gasteiger partial charge in [0.05, 0.1) is 5.56 Å². The van der Waals surface area contributed by atoms with Crippen LogP contribution in [0.25, 0.3) is 22.0 Å². The van der Waals surface area contributed by atoms with Crippen LogP contribution in [0.2, 0.25) is 0 Å². The van der Waals surface area contributed by atoms with Crippen LogP contribution in [0.4, 0.5) is 19.0 Å². The van der Waals surface area contributed by atoms with Crippen molar-refractivity contribution in [1.82, 2.24) is 20.0 Å². The van der Waals surface area contributed by atoms with E-state index in [1.165, 1.54) is 6.07 Å². The molecule has 2 N–H and O–H groups in total. The average Bonchev–Trinajstić information content (AvgIpc) is 2.75. The quantitative estimate of drug-likeness (QED) is 0.643. The lowest BCUT2D eigenvalue weighted by molar-refractivity contribution is -0.137. The van der Waals surface area contributed by atoms with Crippen LogP contribution in [-0.2, 0) is 6.18 Å². The van der Waals surface area contributed by atoms with Gasteiger partial charge in [0, 0.05) is 55.6 Å². The number of hydrogen-bond donors (Lipinski definition) is 2. The molecule has 0 spiro atoms. The number of likely N-dealkylation sites (N-methyl/N-ethyl adjacent to an activating group) is 1. The molecule has 0 saturated carbocycles. The van der Waals surface area contributed by atoms with Crippen molar-refractivity contribution >= 4 is 16.6 Å². The molecule has 0 bridgehead atoms. The number of aromatic hydroxyl groups is 1. The Labute approximate surface area is 178 Å². The molecule has 31 heavy (non-hydrogen) atoms. The first-order valence-corrected chi connectivity index (χ1v) is 10.1. The van der Waals surface area contributed by atoms with Gasteiger partial charge in [-0.3, -0.25) is 4.90 Å². The molecule has 2 aromatic carbocycles. The van der Waals surface area contributed by atoms with Crippen molar-refractivity contribution in [1.29, 1.82) is 0 Å². The summed E-state index contributed by atoms with van der Waals surface area (Å²) in [5.74, 6) is 0.130. The van der Waals surface area contributed by atoms with Crippen LogP contribution in [0.15, 0.2) is 42.5 Å². The van der Waals surface area contributed by atoms with Gasteiger partial charge in [-0.15, -0.1) is 10.2 Å². The van der Waals surface area contributed by atoms with Crippen LogP contribution >= 0.6 is 0 Å². The topological polar surface area (TPSA) is 64.5 Å². The van der Waals surface area contributed by atoms with E-state index in [1.54, 1.807) is 0 Å². The van der Waals surface area contributed by atoms with Crippen LogP contribution in [0.5, 0.6) is 5.75 Å². The summed E-state index contributed by atoms with van der Waals surface area (Å²) in [5.41, 5.74) is -0.361. The number of benzene rings is 2. The Morgan fingerprint density at radius 2 is 1.71 bits per heavy atom. The Bertz CT molecular complexity index is 1060. The van der Waals surface area contributed by atoms with Crippen molar-refractivity contribution in [3.8, 4) is 17.0 Å². The number of nitrogens with zero attached hydrogens (tertiary/aromatic N) is 4. The fourth-order valence-electron chi connectivity index (χ4n) is 3.75. The van der Waals surface area contributed by atoms with Crippen LogP contribution in [-0.4, -0.2) is 71.4 Å². The number of halogens is 3. The molecule has 1 aromatic heterocycles. The lowest BCUT2D eigenvalue weighted by atomic mass is 10.0. The molecule has 0 amide bonds. The minimum Gasteiger partial charge on any atom is -0.507 e. The third kappa shape index (κ3) is 4.72. The molecule has 2 heterocycles. The molecule has 0 unspecified atom stereocenters. The molecule has 1 aliphatic rings. The monoisotopic (exact) mass is 431 g/mol. The Hall–Kier alpha value is -2.91. The van der Waals surface area contributed by atoms with Crippen LogP contribution in [0, 0.1) is 0 Å². The number of phenols is 1. The molecule has 1 aliphatic heterocycles. The van der Waals surface area contributed by atoms with Gasteiger partial charge in [0.25, 0.3) is 0 Å². The van der Waals surface area contributed by atoms with Gasteiger partial charge in [0.15, 0.2) is 5.82 Å². The first-order chi connectivity index (χ1) is 14.8. The maximum absolute atomic E-state index is 12.9. The normalized spacial score (nSPS) is 16.0. The number of rotatable bonds is 5. The average molecular weight is 431 g/mol. The molecule has 1 fully saturated rings. The standard InChI is InChI=1S/C22H24F3N5O/c1-29-10-12-30(13-11-29)9-8-26-21-17-5-3-2-4-16(17)20(27-28-21)18-7-6-15(14-19(18)31)22(23,24)25/h2-7,14,31H,8-13H2,1H3,(H,26,28). The summed E-state index contributed by atoms with van der Waals surface area (Å²) in [6.45, 7) is 5.73. The van der Waals surface area contributed by atoms with E-state index in [4.69, 9.17) is 0 Å². The van der Waals surface area contributed by atoms with E-state index >= 15 is 0 Å². The number of phenolic OH excluding ortho intramolecular Hbond substituents is 1. The number of nitrogens with one attached hydrogen (secondary N) is 1. The molecule has 164 valence electrons. The Morgan fingerprint density at radius 3 is 2.39 bits per heavy atom. The van der Waals surface area contributed by atoms with E-state index in [0.29, 0.717) is 29.5 Å². The zero-order chi connectivity index (χ0) is 22.0. The van der Waals surface area contributed by atoms with Crippen molar-refractivity contribution in [2.45, 2.75) is 6.18 Å². The molecule has 0 atom stereocenters. The SMILES string of the molecule is CN1CCN(CCNc2nnc(-c3ccc(C(F)(F)F)cc3O)c3ccccc23)CC1. The van der Waals surface area contributed by atoms with Crippen molar-refractivity contribution in [3.63, 3.8) is 0 Å². The lowest BCUT2D eigenvalue weighted by Crippen LogP contribution is -2.45. The minimum atomic E-state index is -4.53. The molecule has 6 nitrogen and oxygen atoms in total. The van der Waals surface area contributed by atoms with Gasteiger partial charge in [-0.25, -0.2) is 0 Å². The summed E-state index contributed by atoms with van der Waals surface area (Å²) in [6, 6.07) is 10.3. The highest BCUT2D eigenvalue weighted by molar-refractivity contribution is 6.00. The summed E-state index contributed by atoms with van der Waals surface area (Å²) < 4.78 is 38.8.